The molecule has 0 spiro atoms. The first-order valence-electron chi connectivity index (χ1n) is 6.42. The molecule has 0 saturated carbocycles. The normalized spacial score (nSPS) is 21.9. The summed E-state index contributed by atoms with van der Waals surface area (Å²) >= 11 is 0. The molecule has 18 heavy (non-hydrogen) atoms. The molecule has 3 heteroatoms. The second-order valence-corrected chi connectivity index (χ2v) is 5.10. The molecule has 2 aromatic rings. The van der Waals surface area contributed by atoms with Gasteiger partial charge in [0.25, 0.3) is 0 Å². The summed E-state index contributed by atoms with van der Waals surface area (Å²) < 4.78 is 4.39. The molecule has 2 aromatic heterocycles. The van der Waals surface area contributed by atoms with Crippen molar-refractivity contribution in [1.82, 2.24) is 9.78 Å². The highest BCUT2D eigenvalue weighted by molar-refractivity contribution is 5.50. The van der Waals surface area contributed by atoms with E-state index in [-0.39, 0.29) is 0 Å². The summed E-state index contributed by atoms with van der Waals surface area (Å²) in [6, 6.07) is 8.43. The minimum Gasteiger partial charge on any atom is -0.258 e. The van der Waals surface area contributed by atoms with Gasteiger partial charge in [-0.25, -0.2) is 0 Å². The fraction of sp³-hybridized carbons (Fsp3) is 0.333. The second-order valence-electron chi connectivity index (χ2n) is 5.10. The number of hydrogen-bond acceptors (Lipinski definition) is 1. The Hall–Kier alpha value is -1.90. The number of rotatable bonds is 0. The fourth-order valence-electron chi connectivity index (χ4n) is 2.68. The third-order valence-electron chi connectivity index (χ3n) is 3.37. The Bertz CT molecular complexity index is 595. The van der Waals surface area contributed by atoms with Crippen LogP contribution in [0.25, 0.3) is 11.4 Å². The van der Waals surface area contributed by atoms with Gasteiger partial charge in [-0.15, -0.1) is 0 Å². The zero-order valence-electron chi connectivity index (χ0n) is 10.9. The predicted molar refractivity (Wildman–Crippen MR) is 70.8 cm³/mol. The van der Waals surface area contributed by atoms with E-state index in [0.717, 1.165) is 13.1 Å². The summed E-state index contributed by atoms with van der Waals surface area (Å²) in [6.45, 7) is 6.34. The largest absolute Gasteiger partial charge is 0.258 e. The van der Waals surface area contributed by atoms with Crippen molar-refractivity contribution in [2.24, 2.45) is 5.92 Å². The molecule has 0 aromatic carbocycles. The molecular weight excluding hydrogens is 222 g/mol. The zero-order valence-corrected chi connectivity index (χ0v) is 10.9. The van der Waals surface area contributed by atoms with E-state index in [2.05, 4.69) is 64.7 Å². The van der Waals surface area contributed by atoms with Gasteiger partial charge in [-0.1, -0.05) is 13.0 Å². The van der Waals surface area contributed by atoms with E-state index in [1.54, 1.807) is 0 Å². The number of nitrogens with zero attached hydrogens (tertiary/aromatic N) is 3. The highest BCUT2D eigenvalue weighted by atomic mass is 15.3. The van der Waals surface area contributed by atoms with Gasteiger partial charge >= 0.3 is 0 Å². The van der Waals surface area contributed by atoms with Crippen molar-refractivity contribution >= 4 is 0 Å². The van der Waals surface area contributed by atoms with Crippen molar-refractivity contribution in [2.75, 3.05) is 0 Å². The molecule has 0 radical (unpaired) electrons. The summed E-state index contributed by atoms with van der Waals surface area (Å²) in [5.41, 5.74) is 3.84. The maximum atomic E-state index is 4.45. The lowest BCUT2D eigenvalue weighted by molar-refractivity contribution is -0.678. The van der Waals surface area contributed by atoms with Gasteiger partial charge in [-0.2, -0.15) is 9.67 Å². The molecule has 1 aliphatic rings. The van der Waals surface area contributed by atoms with E-state index in [4.69, 9.17) is 0 Å². The van der Waals surface area contributed by atoms with Crippen LogP contribution in [-0.2, 0) is 13.1 Å². The third-order valence-corrected chi connectivity index (χ3v) is 3.37. The van der Waals surface area contributed by atoms with Crippen molar-refractivity contribution in [3.63, 3.8) is 0 Å². The van der Waals surface area contributed by atoms with Crippen LogP contribution in [0.4, 0.5) is 0 Å². The molecule has 3 heterocycles. The number of fused-ring (bicyclic) bond motifs is 3. The highest BCUT2D eigenvalue weighted by Gasteiger charge is 2.19. The van der Waals surface area contributed by atoms with Crippen molar-refractivity contribution in [1.29, 1.82) is 0 Å². The lowest BCUT2D eigenvalue weighted by atomic mass is 10.1. The predicted octanol–water partition coefficient (Wildman–Crippen LogP) is 2.43. The molecule has 3 rings (SSSR count). The minimum atomic E-state index is 0.513. The summed E-state index contributed by atoms with van der Waals surface area (Å²) in [6.07, 6.45) is 6.37. The quantitative estimate of drug-likeness (QED) is 0.512. The topological polar surface area (TPSA) is 21.7 Å². The lowest BCUT2D eigenvalue weighted by Gasteiger charge is -2.08. The van der Waals surface area contributed by atoms with Crippen molar-refractivity contribution in [3.8, 4) is 11.4 Å². The minimum absolute atomic E-state index is 0.513. The molecule has 1 atom stereocenters. The maximum absolute atomic E-state index is 4.45. The Kier molecular flexibility index (Phi) is 2.74. The average Bonchev–Trinajstić information content (AvgIpc) is 2.77. The number of aromatic nitrogens is 3. The fourth-order valence-corrected chi connectivity index (χ4v) is 2.68. The Balaban J connectivity index is 2.20. The van der Waals surface area contributed by atoms with Crippen LogP contribution >= 0.6 is 0 Å². The molecule has 0 fully saturated rings. The second kappa shape index (κ2) is 4.41. The Morgan fingerprint density at radius 1 is 1.33 bits per heavy atom. The first kappa shape index (κ1) is 11.2. The molecule has 1 aliphatic heterocycles. The number of hydrogen-bond donors (Lipinski definition) is 0. The van der Waals surface area contributed by atoms with Gasteiger partial charge in [0.1, 0.15) is 5.69 Å². The first-order valence-corrected chi connectivity index (χ1v) is 6.42. The van der Waals surface area contributed by atoms with E-state index in [9.17, 15) is 0 Å². The van der Waals surface area contributed by atoms with Gasteiger partial charge in [0.15, 0.2) is 12.7 Å². The van der Waals surface area contributed by atoms with Crippen molar-refractivity contribution in [2.45, 2.75) is 26.9 Å². The smallest absolute Gasteiger partial charge is 0.231 e. The SMILES string of the molecule is C/C1=C/C(C)Cn2nccc2-c2cccc[n+]2C1. The highest BCUT2D eigenvalue weighted by Crippen LogP contribution is 2.19. The standard InChI is InChI=1S/C15H18N3/c1-12-9-13(2)11-18-15(6-7-16-18)14-5-3-4-8-17(14)10-12/h3-9,13H,10-11H2,1-2H3/q+1/b12-9-. The van der Waals surface area contributed by atoms with Crippen LogP contribution in [0.5, 0.6) is 0 Å². The van der Waals surface area contributed by atoms with Crippen molar-refractivity contribution in [3.05, 3.63) is 48.3 Å². The zero-order chi connectivity index (χ0) is 12.5. The van der Waals surface area contributed by atoms with E-state index < -0.39 is 0 Å². The molecule has 0 saturated heterocycles. The summed E-state index contributed by atoms with van der Waals surface area (Å²) in [5, 5.41) is 4.45. The van der Waals surface area contributed by atoms with Crippen LogP contribution < -0.4 is 4.57 Å². The van der Waals surface area contributed by atoms with Crippen LogP contribution in [0.15, 0.2) is 48.3 Å². The number of allylic oxidation sites excluding steroid dienone is 2. The average molecular weight is 240 g/mol. The summed E-state index contributed by atoms with van der Waals surface area (Å²) in [4.78, 5) is 0. The molecule has 1 unspecified atom stereocenters. The van der Waals surface area contributed by atoms with Crippen molar-refractivity contribution < 1.29 is 4.57 Å². The van der Waals surface area contributed by atoms with Gasteiger partial charge in [-0.3, -0.25) is 4.68 Å². The van der Waals surface area contributed by atoms with Gasteiger partial charge in [0.05, 0.1) is 0 Å². The number of pyridine rings is 1. The molecular formula is C15H18N3+. The Labute approximate surface area is 107 Å². The van der Waals surface area contributed by atoms with E-state index >= 15 is 0 Å². The van der Waals surface area contributed by atoms with Crippen LogP contribution in [0, 0.1) is 5.92 Å². The van der Waals surface area contributed by atoms with Gasteiger partial charge < -0.3 is 0 Å². The van der Waals surface area contributed by atoms with E-state index in [0.29, 0.717) is 5.92 Å². The van der Waals surface area contributed by atoms with Crippen LogP contribution in [-0.4, -0.2) is 9.78 Å². The summed E-state index contributed by atoms with van der Waals surface area (Å²) in [5.74, 6) is 0.513. The molecule has 0 N–H and O–H groups in total. The maximum Gasteiger partial charge on any atom is 0.231 e. The molecule has 92 valence electrons. The van der Waals surface area contributed by atoms with Crippen LogP contribution in [0.2, 0.25) is 0 Å². The molecule has 0 bridgehead atoms. The summed E-state index contributed by atoms with van der Waals surface area (Å²) in [7, 11) is 0. The molecule has 0 amide bonds. The first-order chi connectivity index (χ1) is 8.74. The monoisotopic (exact) mass is 240 g/mol. The third kappa shape index (κ3) is 1.96. The van der Waals surface area contributed by atoms with Gasteiger partial charge in [0.2, 0.25) is 5.69 Å². The van der Waals surface area contributed by atoms with Crippen LogP contribution in [0.3, 0.4) is 0 Å². The molecule has 0 aliphatic carbocycles. The molecule has 3 nitrogen and oxygen atoms in total. The van der Waals surface area contributed by atoms with E-state index in [1.807, 2.05) is 6.20 Å². The van der Waals surface area contributed by atoms with Crippen LogP contribution in [0.1, 0.15) is 13.8 Å². The van der Waals surface area contributed by atoms with E-state index in [1.165, 1.54) is 17.0 Å². The van der Waals surface area contributed by atoms with Gasteiger partial charge in [0, 0.05) is 24.9 Å². The Morgan fingerprint density at radius 3 is 3.11 bits per heavy atom. The van der Waals surface area contributed by atoms with Gasteiger partial charge in [-0.05, 0) is 30.5 Å². The lowest BCUT2D eigenvalue weighted by Crippen LogP contribution is -2.36. The Morgan fingerprint density at radius 2 is 2.22 bits per heavy atom.